The molecule has 2 heterocycles. The van der Waals surface area contributed by atoms with Crippen LogP contribution < -0.4 is 4.90 Å². The molecule has 0 amide bonds. The first-order valence-electron chi connectivity index (χ1n) is 9.56. The van der Waals surface area contributed by atoms with Gasteiger partial charge in [-0.25, -0.2) is 17.8 Å². The molecule has 2 aromatic carbocycles. The van der Waals surface area contributed by atoms with Crippen molar-refractivity contribution >= 4 is 61.1 Å². The van der Waals surface area contributed by atoms with E-state index < -0.39 is 20.9 Å². The molecule has 4 nitrogen and oxygen atoms in total. The Morgan fingerprint density at radius 3 is 2.48 bits per heavy atom. The average molecular weight is 520 g/mol. The van der Waals surface area contributed by atoms with Crippen LogP contribution in [-0.4, -0.2) is 31.7 Å². The van der Waals surface area contributed by atoms with E-state index in [4.69, 9.17) is 39.8 Å². The van der Waals surface area contributed by atoms with Gasteiger partial charge in [-0.2, -0.15) is 0 Å². The number of aromatic nitrogens is 1. The SMILES string of the molecule is O=S(=O)(c1ccc(F)cc1Cl)C1CCN(c2nc(Cc3ccc(Cl)cc3Cl)cs2)CC1. The van der Waals surface area contributed by atoms with Gasteiger partial charge in [0.15, 0.2) is 15.0 Å². The van der Waals surface area contributed by atoms with Crippen LogP contribution in [0.4, 0.5) is 9.52 Å². The highest BCUT2D eigenvalue weighted by Crippen LogP contribution is 2.33. The summed E-state index contributed by atoms with van der Waals surface area (Å²) < 4.78 is 39.2. The molecule has 0 saturated carbocycles. The zero-order chi connectivity index (χ0) is 22.2. The van der Waals surface area contributed by atoms with Gasteiger partial charge in [-0.15, -0.1) is 11.3 Å². The number of rotatable bonds is 5. The van der Waals surface area contributed by atoms with E-state index in [1.165, 1.54) is 17.4 Å². The molecule has 0 bridgehead atoms. The maximum absolute atomic E-state index is 13.3. The van der Waals surface area contributed by atoms with E-state index in [1.54, 1.807) is 12.1 Å². The van der Waals surface area contributed by atoms with Crippen LogP contribution in [0.1, 0.15) is 24.1 Å². The lowest BCUT2D eigenvalue weighted by Crippen LogP contribution is -2.39. The molecule has 0 atom stereocenters. The molecule has 4 rings (SSSR count). The van der Waals surface area contributed by atoms with Crippen LogP contribution in [0.15, 0.2) is 46.7 Å². The first-order chi connectivity index (χ1) is 14.7. The molecule has 0 aliphatic carbocycles. The number of halogens is 4. The molecule has 1 fully saturated rings. The maximum atomic E-state index is 13.3. The maximum Gasteiger partial charge on any atom is 0.185 e. The molecule has 1 aliphatic heterocycles. The van der Waals surface area contributed by atoms with Gasteiger partial charge in [0, 0.05) is 34.9 Å². The predicted octanol–water partition coefficient (Wildman–Crippen LogP) is 6.28. The van der Waals surface area contributed by atoms with Gasteiger partial charge in [-0.3, -0.25) is 0 Å². The van der Waals surface area contributed by atoms with E-state index in [0.29, 0.717) is 42.4 Å². The zero-order valence-electron chi connectivity index (χ0n) is 16.2. The smallest absolute Gasteiger partial charge is 0.185 e. The van der Waals surface area contributed by atoms with E-state index in [-0.39, 0.29) is 9.92 Å². The predicted molar refractivity (Wildman–Crippen MR) is 125 cm³/mol. The summed E-state index contributed by atoms with van der Waals surface area (Å²) in [6.45, 7) is 1.13. The second kappa shape index (κ2) is 9.24. The summed E-state index contributed by atoms with van der Waals surface area (Å²) >= 11 is 19.7. The topological polar surface area (TPSA) is 50.3 Å². The molecular weight excluding hydrogens is 502 g/mol. The number of thiazole rings is 1. The van der Waals surface area contributed by atoms with Crippen molar-refractivity contribution in [3.63, 3.8) is 0 Å². The lowest BCUT2D eigenvalue weighted by atomic mass is 10.1. The molecule has 10 heteroatoms. The van der Waals surface area contributed by atoms with Crippen LogP contribution in [0.2, 0.25) is 15.1 Å². The van der Waals surface area contributed by atoms with E-state index in [0.717, 1.165) is 28.5 Å². The Morgan fingerprint density at radius 2 is 1.81 bits per heavy atom. The number of sulfone groups is 1. The van der Waals surface area contributed by atoms with Gasteiger partial charge in [-0.1, -0.05) is 40.9 Å². The monoisotopic (exact) mass is 518 g/mol. The summed E-state index contributed by atoms with van der Waals surface area (Å²) in [6, 6.07) is 8.81. The average Bonchev–Trinajstić information content (AvgIpc) is 3.18. The molecule has 1 aromatic heterocycles. The van der Waals surface area contributed by atoms with Crippen molar-refractivity contribution in [1.29, 1.82) is 0 Å². The third-order valence-corrected chi connectivity index (χ3v) is 9.56. The fraction of sp³-hybridized carbons (Fsp3) is 0.286. The Bertz CT molecular complexity index is 1210. The van der Waals surface area contributed by atoms with Gasteiger partial charge in [-0.05, 0) is 48.7 Å². The van der Waals surface area contributed by atoms with E-state index in [2.05, 4.69) is 4.90 Å². The van der Waals surface area contributed by atoms with E-state index >= 15 is 0 Å². The van der Waals surface area contributed by atoms with Crippen molar-refractivity contribution < 1.29 is 12.8 Å². The molecule has 1 saturated heterocycles. The first kappa shape index (κ1) is 22.8. The lowest BCUT2D eigenvalue weighted by molar-refractivity contribution is 0.529. The molecule has 1 aliphatic rings. The second-order valence-electron chi connectivity index (χ2n) is 7.34. The number of benzene rings is 2. The lowest BCUT2D eigenvalue weighted by Gasteiger charge is -2.31. The van der Waals surface area contributed by atoms with Gasteiger partial charge in [0.05, 0.1) is 20.9 Å². The minimum Gasteiger partial charge on any atom is -0.348 e. The molecule has 0 radical (unpaired) electrons. The summed E-state index contributed by atoms with van der Waals surface area (Å²) in [7, 11) is -3.63. The van der Waals surface area contributed by atoms with Crippen LogP contribution >= 0.6 is 46.1 Å². The quantitative estimate of drug-likeness (QED) is 0.373. The van der Waals surface area contributed by atoms with Crippen LogP contribution in [0.5, 0.6) is 0 Å². The van der Waals surface area contributed by atoms with Crippen molar-refractivity contribution in [2.24, 2.45) is 0 Å². The normalized spacial score (nSPS) is 15.4. The fourth-order valence-electron chi connectivity index (χ4n) is 3.63. The van der Waals surface area contributed by atoms with Crippen molar-refractivity contribution in [2.75, 3.05) is 18.0 Å². The van der Waals surface area contributed by atoms with Crippen molar-refractivity contribution in [2.45, 2.75) is 29.4 Å². The van der Waals surface area contributed by atoms with Crippen LogP contribution in [-0.2, 0) is 16.3 Å². The first-order valence-corrected chi connectivity index (χ1v) is 13.1. The summed E-state index contributed by atoms with van der Waals surface area (Å²) in [5.41, 5.74) is 1.85. The summed E-state index contributed by atoms with van der Waals surface area (Å²) in [5.74, 6) is -0.557. The third kappa shape index (κ3) is 5.01. The number of nitrogens with zero attached hydrogens (tertiary/aromatic N) is 2. The minimum absolute atomic E-state index is 0.00889. The number of hydrogen-bond donors (Lipinski definition) is 0. The molecule has 0 unspecified atom stereocenters. The van der Waals surface area contributed by atoms with Gasteiger partial charge in [0.1, 0.15) is 5.82 Å². The molecule has 164 valence electrons. The largest absolute Gasteiger partial charge is 0.348 e. The van der Waals surface area contributed by atoms with Crippen LogP contribution in [0, 0.1) is 5.82 Å². The summed E-state index contributed by atoms with van der Waals surface area (Å²) in [4.78, 5) is 6.79. The van der Waals surface area contributed by atoms with Crippen LogP contribution in [0.3, 0.4) is 0 Å². The van der Waals surface area contributed by atoms with Gasteiger partial charge in [0.2, 0.25) is 0 Å². The molecule has 31 heavy (non-hydrogen) atoms. The van der Waals surface area contributed by atoms with Crippen molar-refractivity contribution in [3.8, 4) is 0 Å². The van der Waals surface area contributed by atoms with Crippen molar-refractivity contribution in [1.82, 2.24) is 4.98 Å². The van der Waals surface area contributed by atoms with Gasteiger partial charge < -0.3 is 4.90 Å². The molecule has 3 aromatic rings. The number of hydrogen-bond acceptors (Lipinski definition) is 5. The Kier molecular flexibility index (Phi) is 6.79. The van der Waals surface area contributed by atoms with Crippen LogP contribution in [0.25, 0.3) is 0 Å². The highest BCUT2D eigenvalue weighted by molar-refractivity contribution is 7.92. The highest BCUT2D eigenvalue weighted by atomic mass is 35.5. The fourth-order valence-corrected chi connectivity index (χ4v) is 7.25. The number of piperidine rings is 1. The zero-order valence-corrected chi connectivity index (χ0v) is 20.1. The Balaban J connectivity index is 1.42. The third-order valence-electron chi connectivity index (χ3n) is 5.28. The minimum atomic E-state index is -3.63. The second-order valence-corrected chi connectivity index (χ2v) is 11.6. The molecule has 0 spiro atoms. The summed E-state index contributed by atoms with van der Waals surface area (Å²) in [5, 5.41) is 3.41. The van der Waals surface area contributed by atoms with Gasteiger partial charge >= 0.3 is 0 Å². The Labute approximate surface area is 199 Å². The van der Waals surface area contributed by atoms with E-state index in [1.807, 2.05) is 11.4 Å². The standard InChI is InChI=1S/C21H18Cl3FN2O2S2/c22-14-2-1-13(18(23)10-14)9-16-12-30-21(26-16)27-7-5-17(6-8-27)31(28,29)20-4-3-15(25)11-19(20)24/h1-4,10-12,17H,5-9H2. The highest BCUT2D eigenvalue weighted by Gasteiger charge is 2.33. The van der Waals surface area contributed by atoms with Gasteiger partial charge in [0.25, 0.3) is 0 Å². The molecular formula is C21H18Cl3FN2O2S2. The Hall–Kier alpha value is -1.38. The Morgan fingerprint density at radius 1 is 1.06 bits per heavy atom. The number of anilines is 1. The van der Waals surface area contributed by atoms with E-state index in [9.17, 15) is 12.8 Å². The summed E-state index contributed by atoms with van der Waals surface area (Å²) in [6.07, 6.45) is 1.50. The molecule has 0 N–H and O–H groups in total. The van der Waals surface area contributed by atoms with Crippen molar-refractivity contribution in [3.05, 3.63) is 73.9 Å².